The maximum Gasteiger partial charge on any atom is 0.256 e. The second-order valence-corrected chi connectivity index (χ2v) is 7.29. The highest BCUT2D eigenvalue weighted by atomic mass is 32.1. The zero-order valence-electron chi connectivity index (χ0n) is 15.2. The number of carbonyl (C=O) groups excluding carboxylic acids is 2. The third-order valence-electron chi connectivity index (χ3n) is 4.03. The molecule has 0 saturated heterocycles. The van der Waals surface area contributed by atoms with Crippen LogP contribution < -0.4 is 15.8 Å². The third-order valence-corrected chi connectivity index (χ3v) is 4.99. The van der Waals surface area contributed by atoms with Gasteiger partial charge < -0.3 is 20.3 Å². The molecule has 1 aromatic carbocycles. The summed E-state index contributed by atoms with van der Waals surface area (Å²) in [6.45, 7) is 5.87. The first-order valence-corrected chi connectivity index (χ1v) is 9.03. The van der Waals surface area contributed by atoms with Crippen LogP contribution in [0.2, 0.25) is 0 Å². The van der Waals surface area contributed by atoms with Gasteiger partial charge in [0.05, 0.1) is 16.8 Å². The fourth-order valence-corrected chi connectivity index (χ4v) is 3.44. The standard InChI is InChI=1S/C19H19N3O4S/c1-10-8-15(17(20)23)19(27-10)21-18(24)13-4-6-14(7-5-13)25-9-16-11(2)22-26-12(16)3/h4-8H,9H2,1-3H3,(H2,20,23)(H,21,24). The third kappa shape index (κ3) is 4.17. The summed E-state index contributed by atoms with van der Waals surface area (Å²) in [5, 5.41) is 7.07. The van der Waals surface area contributed by atoms with Crippen molar-refractivity contribution in [2.75, 3.05) is 5.32 Å². The van der Waals surface area contributed by atoms with Gasteiger partial charge in [-0.1, -0.05) is 5.16 Å². The zero-order valence-corrected chi connectivity index (χ0v) is 16.0. The van der Waals surface area contributed by atoms with Crippen LogP contribution in [0.25, 0.3) is 0 Å². The summed E-state index contributed by atoms with van der Waals surface area (Å²) in [4.78, 5) is 24.8. The highest BCUT2D eigenvalue weighted by Crippen LogP contribution is 2.28. The maximum atomic E-state index is 12.4. The van der Waals surface area contributed by atoms with Gasteiger partial charge in [0.25, 0.3) is 11.8 Å². The lowest BCUT2D eigenvalue weighted by atomic mass is 10.2. The molecule has 0 fully saturated rings. The second-order valence-electron chi connectivity index (χ2n) is 6.03. The van der Waals surface area contributed by atoms with Gasteiger partial charge in [-0.15, -0.1) is 11.3 Å². The van der Waals surface area contributed by atoms with Crippen LogP contribution in [0.15, 0.2) is 34.9 Å². The molecule has 0 aliphatic rings. The summed E-state index contributed by atoms with van der Waals surface area (Å²) in [6.07, 6.45) is 0. The predicted molar refractivity (Wildman–Crippen MR) is 102 cm³/mol. The topological polar surface area (TPSA) is 107 Å². The molecule has 3 N–H and O–H groups in total. The lowest BCUT2D eigenvalue weighted by Crippen LogP contribution is -2.16. The van der Waals surface area contributed by atoms with Crippen LogP contribution in [0.5, 0.6) is 5.75 Å². The van der Waals surface area contributed by atoms with E-state index in [2.05, 4.69) is 10.5 Å². The minimum Gasteiger partial charge on any atom is -0.489 e. The van der Waals surface area contributed by atoms with Crippen molar-refractivity contribution < 1.29 is 18.8 Å². The Morgan fingerprint density at radius 1 is 1.22 bits per heavy atom. The van der Waals surface area contributed by atoms with Crippen molar-refractivity contribution in [3.05, 3.63) is 63.4 Å². The Morgan fingerprint density at radius 3 is 2.52 bits per heavy atom. The lowest BCUT2D eigenvalue weighted by molar-refractivity contribution is 0.100. The van der Waals surface area contributed by atoms with E-state index in [1.807, 2.05) is 20.8 Å². The molecule has 0 radical (unpaired) electrons. The van der Waals surface area contributed by atoms with Crippen LogP contribution >= 0.6 is 11.3 Å². The van der Waals surface area contributed by atoms with E-state index in [0.717, 1.165) is 21.9 Å². The second kappa shape index (κ2) is 7.63. The molecule has 7 nitrogen and oxygen atoms in total. The van der Waals surface area contributed by atoms with E-state index in [1.165, 1.54) is 11.3 Å². The SMILES string of the molecule is Cc1cc(C(N)=O)c(NC(=O)c2ccc(OCc3c(C)noc3C)cc2)s1. The van der Waals surface area contributed by atoms with E-state index in [9.17, 15) is 9.59 Å². The normalized spacial score (nSPS) is 10.6. The molecule has 2 aromatic heterocycles. The summed E-state index contributed by atoms with van der Waals surface area (Å²) < 4.78 is 10.8. The number of carbonyl (C=O) groups is 2. The molecule has 3 rings (SSSR count). The fraction of sp³-hybridized carbons (Fsp3) is 0.211. The van der Waals surface area contributed by atoms with E-state index in [4.69, 9.17) is 15.0 Å². The monoisotopic (exact) mass is 385 g/mol. The van der Waals surface area contributed by atoms with Crippen LogP contribution in [-0.2, 0) is 6.61 Å². The van der Waals surface area contributed by atoms with Gasteiger partial charge in [0.1, 0.15) is 23.1 Å². The first-order chi connectivity index (χ1) is 12.8. The molecule has 2 amide bonds. The summed E-state index contributed by atoms with van der Waals surface area (Å²) in [5.41, 5.74) is 7.80. The van der Waals surface area contributed by atoms with Crippen molar-refractivity contribution in [3.8, 4) is 5.75 Å². The summed E-state index contributed by atoms with van der Waals surface area (Å²) >= 11 is 1.31. The molecule has 0 saturated carbocycles. The van der Waals surface area contributed by atoms with Crippen molar-refractivity contribution in [2.24, 2.45) is 5.73 Å². The lowest BCUT2D eigenvalue weighted by Gasteiger charge is -2.08. The number of nitrogens with one attached hydrogen (secondary N) is 1. The number of thiophene rings is 1. The van der Waals surface area contributed by atoms with E-state index in [-0.39, 0.29) is 5.91 Å². The molecule has 0 spiro atoms. The van der Waals surface area contributed by atoms with E-state index < -0.39 is 5.91 Å². The predicted octanol–water partition coefficient (Wildman–Crippen LogP) is 3.59. The number of nitrogens with two attached hydrogens (primary N) is 1. The van der Waals surface area contributed by atoms with Crippen molar-refractivity contribution in [2.45, 2.75) is 27.4 Å². The highest BCUT2D eigenvalue weighted by Gasteiger charge is 2.16. The number of anilines is 1. The van der Waals surface area contributed by atoms with Gasteiger partial charge in [0.2, 0.25) is 0 Å². The fourth-order valence-electron chi connectivity index (χ4n) is 2.53. The van der Waals surface area contributed by atoms with Crippen LogP contribution in [0.4, 0.5) is 5.00 Å². The van der Waals surface area contributed by atoms with Crippen LogP contribution in [0.3, 0.4) is 0 Å². The van der Waals surface area contributed by atoms with Gasteiger partial charge in [-0.25, -0.2) is 0 Å². The van der Waals surface area contributed by atoms with E-state index in [0.29, 0.717) is 28.5 Å². The van der Waals surface area contributed by atoms with Gasteiger partial charge in [-0.3, -0.25) is 9.59 Å². The van der Waals surface area contributed by atoms with Gasteiger partial charge in [0, 0.05) is 10.4 Å². The Labute approximate surface area is 160 Å². The van der Waals surface area contributed by atoms with Crippen molar-refractivity contribution in [3.63, 3.8) is 0 Å². The van der Waals surface area contributed by atoms with Gasteiger partial charge >= 0.3 is 0 Å². The molecule has 27 heavy (non-hydrogen) atoms. The Kier molecular flexibility index (Phi) is 5.27. The molecule has 8 heteroatoms. The number of rotatable bonds is 6. The number of ether oxygens (including phenoxy) is 1. The van der Waals surface area contributed by atoms with Gasteiger partial charge in [0.15, 0.2) is 0 Å². The molecule has 0 aliphatic heterocycles. The molecule has 0 unspecified atom stereocenters. The number of aryl methyl sites for hydroxylation is 3. The minimum atomic E-state index is -0.572. The Morgan fingerprint density at radius 2 is 1.93 bits per heavy atom. The first-order valence-electron chi connectivity index (χ1n) is 8.21. The molecule has 140 valence electrons. The van der Waals surface area contributed by atoms with Crippen molar-refractivity contribution >= 4 is 28.2 Å². The Bertz CT molecular complexity index is 970. The van der Waals surface area contributed by atoms with Crippen LogP contribution in [0, 0.1) is 20.8 Å². The number of nitrogens with zero attached hydrogens (tertiary/aromatic N) is 1. The number of hydrogen-bond acceptors (Lipinski definition) is 6. The number of aromatic nitrogens is 1. The quantitative estimate of drug-likeness (QED) is 0.674. The molecule has 3 aromatic rings. The molecule has 0 bridgehead atoms. The van der Waals surface area contributed by atoms with Crippen molar-refractivity contribution in [1.29, 1.82) is 0 Å². The molecule has 0 atom stereocenters. The van der Waals surface area contributed by atoms with Crippen molar-refractivity contribution in [1.82, 2.24) is 5.16 Å². The number of hydrogen-bond donors (Lipinski definition) is 2. The summed E-state index contributed by atoms with van der Waals surface area (Å²) in [6, 6.07) is 8.39. The number of benzene rings is 1. The Hall–Kier alpha value is -3.13. The van der Waals surface area contributed by atoms with E-state index >= 15 is 0 Å². The molecular formula is C19H19N3O4S. The number of primary amides is 1. The Balaban J connectivity index is 1.66. The minimum absolute atomic E-state index is 0.310. The van der Waals surface area contributed by atoms with E-state index in [1.54, 1.807) is 30.3 Å². The average molecular weight is 385 g/mol. The summed E-state index contributed by atoms with van der Waals surface area (Å²) in [7, 11) is 0. The van der Waals surface area contributed by atoms with Gasteiger partial charge in [-0.2, -0.15) is 0 Å². The molecule has 2 heterocycles. The smallest absolute Gasteiger partial charge is 0.256 e. The largest absolute Gasteiger partial charge is 0.489 e. The molecular weight excluding hydrogens is 366 g/mol. The maximum absolute atomic E-state index is 12.4. The number of amides is 2. The van der Waals surface area contributed by atoms with Gasteiger partial charge in [-0.05, 0) is 51.1 Å². The summed E-state index contributed by atoms with van der Waals surface area (Å²) in [5.74, 6) is 0.450. The first kappa shape index (κ1) is 18.7. The zero-order chi connectivity index (χ0) is 19.6. The van der Waals surface area contributed by atoms with Crippen LogP contribution in [-0.4, -0.2) is 17.0 Å². The average Bonchev–Trinajstić information content (AvgIpc) is 3.15. The van der Waals surface area contributed by atoms with Crippen LogP contribution in [0.1, 0.15) is 42.6 Å². The highest BCUT2D eigenvalue weighted by molar-refractivity contribution is 7.16. The molecule has 0 aliphatic carbocycles.